The fourth-order valence-electron chi connectivity index (χ4n) is 2.46. The van der Waals surface area contributed by atoms with E-state index in [2.05, 4.69) is 26.2 Å². The van der Waals surface area contributed by atoms with Crippen molar-refractivity contribution in [3.63, 3.8) is 0 Å². The Balaban J connectivity index is 1.88. The van der Waals surface area contributed by atoms with Gasteiger partial charge in [-0.15, -0.1) is 0 Å². The topological polar surface area (TPSA) is 89.3 Å². The lowest BCUT2D eigenvalue weighted by Crippen LogP contribution is -2.31. The number of halogens is 1. The highest BCUT2D eigenvalue weighted by Crippen LogP contribution is 2.28. The molecule has 0 spiro atoms. The van der Waals surface area contributed by atoms with Gasteiger partial charge in [-0.1, -0.05) is 24.3 Å². The molecule has 8 heteroatoms. The van der Waals surface area contributed by atoms with Gasteiger partial charge in [0.05, 0.1) is 4.90 Å². The molecule has 0 aliphatic heterocycles. The number of hydrogen-bond acceptors (Lipinski definition) is 5. The number of aromatic nitrogens is 1. The average Bonchev–Trinajstić information content (AvgIpc) is 3.10. The van der Waals surface area contributed by atoms with Gasteiger partial charge in [0.25, 0.3) is 5.91 Å². The van der Waals surface area contributed by atoms with E-state index >= 15 is 0 Å². The van der Waals surface area contributed by atoms with Crippen molar-refractivity contribution in [2.75, 3.05) is 6.54 Å². The molecule has 3 aromatic rings. The van der Waals surface area contributed by atoms with Crippen LogP contribution in [0.4, 0.5) is 0 Å². The van der Waals surface area contributed by atoms with Gasteiger partial charge in [-0.05, 0) is 51.8 Å². The van der Waals surface area contributed by atoms with E-state index in [-0.39, 0.29) is 17.2 Å². The van der Waals surface area contributed by atoms with Crippen LogP contribution in [-0.2, 0) is 9.84 Å². The van der Waals surface area contributed by atoms with Gasteiger partial charge in [-0.25, -0.2) is 8.42 Å². The Bertz CT molecular complexity index is 988. The first-order valence-electron chi connectivity index (χ1n) is 7.71. The third-order valence-electron chi connectivity index (χ3n) is 3.75. The Morgan fingerprint density at radius 2 is 1.88 bits per heavy atom. The zero-order valence-electron chi connectivity index (χ0n) is 13.5. The predicted octanol–water partition coefficient (Wildman–Crippen LogP) is 3.38. The molecule has 6 nitrogen and oxygen atoms in total. The molecule has 0 saturated carbocycles. The summed E-state index contributed by atoms with van der Waals surface area (Å²) in [7, 11) is -3.72. The molecule has 0 fully saturated rings. The third-order valence-corrected chi connectivity index (χ3v) is 6.29. The van der Waals surface area contributed by atoms with E-state index in [9.17, 15) is 13.2 Å². The maximum Gasteiger partial charge on any atom is 0.287 e. The molecule has 0 radical (unpaired) electrons. The molecule has 1 amide bonds. The second-order valence-corrected chi connectivity index (χ2v) is 8.36. The third kappa shape index (κ3) is 4.03. The quantitative estimate of drug-likeness (QED) is 0.641. The first-order chi connectivity index (χ1) is 12.5. The second-order valence-electron chi connectivity index (χ2n) is 5.45. The van der Waals surface area contributed by atoms with Gasteiger partial charge in [-0.3, -0.25) is 9.78 Å². The Hall–Kier alpha value is -2.45. The van der Waals surface area contributed by atoms with E-state index < -0.39 is 21.0 Å². The average molecular weight is 435 g/mol. The van der Waals surface area contributed by atoms with Crippen molar-refractivity contribution < 1.29 is 17.6 Å². The Morgan fingerprint density at radius 3 is 2.50 bits per heavy atom. The lowest BCUT2D eigenvalue weighted by Gasteiger charge is -2.18. The number of furan rings is 1. The molecule has 26 heavy (non-hydrogen) atoms. The lowest BCUT2D eigenvalue weighted by molar-refractivity contribution is 0.0924. The Labute approximate surface area is 159 Å². The van der Waals surface area contributed by atoms with Crippen LogP contribution < -0.4 is 5.32 Å². The van der Waals surface area contributed by atoms with Gasteiger partial charge in [0.2, 0.25) is 0 Å². The zero-order valence-corrected chi connectivity index (χ0v) is 15.9. The number of hydrogen-bond donors (Lipinski definition) is 1. The number of carbonyl (C=O) groups excluding carboxylic acids is 1. The van der Waals surface area contributed by atoms with E-state index in [4.69, 9.17) is 4.42 Å². The maximum absolute atomic E-state index is 13.1. The highest BCUT2D eigenvalue weighted by Gasteiger charge is 2.30. The second kappa shape index (κ2) is 7.84. The molecule has 0 aliphatic rings. The number of sulfone groups is 1. The summed E-state index contributed by atoms with van der Waals surface area (Å²) in [6, 6.07) is 14.6. The zero-order chi connectivity index (χ0) is 18.6. The van der Waals surface area contributed by atoms with Gasteiger partial charge in [0.15, 0.2) is 20.3 Å². The first-order valence-corrected chi connectivity index (χ1v) is 10.0. The van der Waals surface area contributed by atoms with Gasteiger partial charge >= 0.3 is 0 Å². The minimum Gasteiger partial charge on any atom is -0.444 e. The molecule has 1 atom stereocenters. The van der Waals surface area contributed by atoms with E-state index in [0.29, 0.717) is 10.2 Å². The van der Waals surface area contributed by atoms with Crippen molar-refractivity contribution in [1.82, 2.24) is 10.3 Å². The van der Waals surface area contributed by atoms with Crippen molar-refractivity contribution in [3.05, 3.63) is 83.0 Å². The molecule has 1 unspecified atom stereocenters. The summed E-state index contributed by atoms with van der Waals surface area (Å²) in [5, 5.41) is 1.65. The van der Waals surface area contributed by atoms with Crippen LogP contribution in [-0.4, -0.2) is 25.9 Å². The predicted molar refractivity (Wildman–Crippen MR) is 99.3 cm³/mol. The molecule has 0 bridgehead atoms. The normalized spacial score (nSPS) is 12.5. The number of nitrogens with one attached hydrogen (secondary N) is 1. The number of pyridine rings is 1. The summed E-state index contributed by atoms with van der Waals surface area (Å²) < 4.78 is 31.8. The smallest absolute Gasteiger partial charge is 0.287 e. The van der Waals surface area contributed by atoms with Crippen LogP contribution in [0, 0.1) is 0 Å². The fraction of sp³-hybridized carbons (Fsp3) is 0.111. The molecule has 134 valence electrons. The maximum atomic E-state index is 13.1. The molecule has 2 heterocycles. The first kappa shape index (κ1) is 18.3. The lowest BCUT2D eigenvalue weighted by atomic mass is 10.2. The SMILES string of the molecule is O=C(NCC(c1cccnc1)S(=O)(=O)c1ccccc1)c1ccc(Br)o1. The summed E-state index contributed by atoms with van der Waals surface area (Å²) in [4.78, 5) is 16.4. The van der Waals surface area contributed by atoms with Crippen molar-refractivity contribution in [2.24, 2.45) is 0 Å². The van der Waals surface area contributed by atoms with Crippen molar-refractivity contribution in [2.45, 2.75) is 10.1 Å². The van der Waals surface area contributed by atoms with Crippen LogP contribution in [0.15, 0.2) is 81.0 Å². The number of carbonyl (C=O) groups is 1. The summed E-state index contributed by atoms with van der Waals surface area (Å²) in [6.45, 7) is -0.111. The number of amides is 1. The van der Waals surface area contributed by atoms with Crippen molar-refractivity contribution in [3.8, 4) is 0 Å². The summed E-state index contributed by atoms with van der Waals surface area (Å²) in [5.41, 5.74) is 0.497. The van der Waals surface area contributed by atoms with Gasteiger partial charge in [0.1, 0.15) is 5.25 Å². The molecule has 1 N–H and O–H groups in total. The van der Waals surface area contributed by atoms with Crippen LogP contribution >= 0.6 is 15.9 Å². The van der Waals surface area contributed by atoms with E-state index in [0.717, 1.165) is 0 Å². The number of benzene rings is 1. The molecule has 2 aromatic heterocycles. The monoisotopic (exact) mass is 434 g/mol. The Morgan fingerprint density at radius 1 is 1.12 bits per heavy atom. The molecule has 0 aliphatic carbocycles. The van der Waals surface area contributed by atoms with E-state index in [1.165, 1.54) is 24.4 Å². The van der Waals surface area contributed by atoms with Crippen LogP contribution in [0.25, 0.3) is 0 Å². The molecular formula is C18H15BrN2O4S. The summed E-state index contributed by atoms with van der Waals surface area (Å²) >= 11 is 3.13. The minimum absolute atomic E-state index is 0.0962. The van der Waals surface area contributed by atoms with Crippen molar-refractivity contribution >= 4 is 31.7 Å². The number of nitrogens with zero attached hydrogens (tertiary/aromatic N) is 1. The molecular weight excluding hydrogens is 420 g/mol. The van der Waals surface area contributed by atoms with Gasteiger partial charge in [-0.2, -0.15) is 0 Å². The van der Waals surface area contributed by atoms with Gasteiger partial charge < -0.3 is 9.73 Å². The molecule has 1 aromatic carbocycles. The summed E-state index contributed by atoms with van der Waals surface area (Å²) in [6.07, 6.45) is 3.05. The van der Waals surface area contributed by atoms with Crippen LogP contribution in [0.5, 0.6) is 0 Å². The summed E-state index contributed by atoms with van der Waals surface area (Å²) in [5.74, 6) is -0.397. The molecule has 3 rings (SSSR count). The number of rotatable bonds is 6. The van der Waals surface area contributed by atoms with Crippen LogP contribution in [0.1, 0.15) is 21.4 Å². The highest BCUT2D eigenvalue weighted by atomic mass is 79.9. The minimum atomic E-state index is -3.72. The largest absolute Gasteiger partial charge is 0.444 e. The Kier molecular flexibility index (Phi) is 5.53. The standard InChI is InChI=1S/C18H15BrN2O4S/c19-17-9-8-15(25-17)18(22)21-12-16(13-5-4-10-20-11-13)26(23,24)14-6-2-1-3-7-14/h1-11,16H,12H2,(H,21,22). The van der Waals surface area contributed by atoms with Crippen molar-refractivity contribution in [1.29, 1.82) is 0 Å². The van der Waals surface area contributed by atoms with Gasteiger partial charge in [0, 0.05) is 18.9 Å². The van der Waals surface area contributed by atoms with E-state index in [1.807, 2.05) is 0 Å². The fourth-order valence-corrected chi connectivity index (χ4v) is 4.43. The molecule has 0 saturated heterocycles. The van der Waals surface area contributed by atoms with Crippen LogP contribution in [0.2, 0.25) is 0 Å². The highest BCUT2D eigenvalue weighted by molar-refractivity contribution is 9.10. The van der Waals surface area contributed by atoms with Crippen LogP contribution in [0.3, 0.4) is 0 Å². The van der Waals surface area contributed by atoms with E-state index in [1.54, 1.807) is 42.6 Å².